The van der Waals surface area contributed by atoms with E-state index in [0.717, 1.165) is 63.4 Å². The van der Waals surface area contributed by atoms with Crippen molar-refractivity contribution in [1.82, 2.24) is 0 Å². The maximum atomic E-state index is 13.0. The summed E-state index contributed by atoms with van der Waals surface area (Å²) in [6.07, 6.45) is 13.6. The first-order valence-electron chi connectivity index (χ1n) is 19.0. The van der Waals surface area contributed by atoms with E-state index in [4.69, 9.17) is 18.9 Å². The van der Waals surface area contributed by atoms with Gasteiger partial charge in [-0.1, -0.05) is 58.6 Å². The van der Waals surface area contributed by atoms with Gasteiger partial charge < -0.3 is 23.7 Å². The van der Waals surface area contributed by atoms with Crippen LogP contribution in [0.5, 0.6) is 11.5 Å². The number of methoxy groups -OCH3 is 1. The Morgan fingerprint density at radius 1 is 0.731 bits per heavy atom. The molecule has 288 valence electrons. The summed E-state index contributed by atoms with van der Waals surface area (Å²) in [5, 5.41) is 0. The number of carbonyl (C=O) groups is 4. The standard InChI is InChI=1S/C43H62O9/c1-8-11-17-33(9-2)32-51-41(47)43(6,10-3)29-16-28-42(4,5)40(46)50-31-15-13-12-14-30-49-36-25-21-35(22-26-36)39(45)52-37-23-18-34(19-24-37)20-27-38(44)48-7/h18-27,33H,8-17,28-32H2,1-7H3/b27-20+. The fourth-order valence-electron chi connectivity index (χ4n) is 5.55. The van der Waals surface area contributed by atoms with Gasteiger partial charge in [0.15, 0.2) is 0 Å². The zero-order valence-corrected chi connectivity index (χ0v) is 32.6. The van der Waals surface area contributed by atoms with Crippen molar-refractivity contribution in [2.45, 2.75) is 119 Å². The number of ether oxygens (including phenoxy) is 5. The molecule has 0 saturated heterocycles. The highest BCUT2D eigenvalue weighted by atomic mass is 16.5. The number of rotatable bonds is 25. The Kier molecular flexibility index (Phi) is 19.8. The minimum atomic E-state index is -0.622. The predicted octanol–water partition coefficient (Wildman–Crippen LogP) is 9.95. The van der Waals surface area contributed by atoms with Crippen LogP contribution >= 0.6 is 0 Å². The van der Waals surface area contributed by atoms with E-state index in [2.05, 4.69) is 18.6 Å². The van der Waals surface area contributed by atoms with Crippen molar-refractivity contribution in [2.24, 2.45) is 16.7 Å². The van der Waals surface area contributed by atoms with Crippen molar-refractivity contribution in [1.29, 1.82) is 0 Å². The van der Waals surface area contributed by atoms with Gasteiger partial charge in [0.05, 0.1) is 43.3 Å². The van der Waals surface area contributed by atoms with Gasteiger partial charge in [0.1, 0.15) is 11.5 Å². The summed E-state index contributed by atoms with van der Waals surface area (Å²) in [7, 11) is 1.31. The van der Waals surface area contributed by atoms with E-state index in [1.54, 1.807) is 54.6 Å². The molecular weight excluding hydrogens is 660 g/mol. The molecule has 0 radical (unpaired) electrons. The lowest BCUT2D eigenvalue weighted by Gasteiger charge is -2.29. The minimum Gasteiger partial charge on any atom is -0.494 e. The maximum absolute atomic E-state index is 13.0. The number of hydrogen-bond acceptors (Lipinski definition) is 9. The minimum absolute atomic E-state index is 0.125. The second-order valence-corrected chi connectivity index (χ2v) is 14.4. The molecule has 0 aliphatic carbocycles. The average Bonchev–Trinajstić information content (AvgIpc) is 3.15. The highest BCUT2D eigenvalue weighted by Crippen LogP contribution is 2.34. The lowest BCUT2D eigenvalue weighted by Crippen LogP contribution is -2.32. The molecule has 2 unspecified atom stereocenters. The summed E-state index contributed by atoms with van der Waals surface area (Å²) in [5.41, 5.74) is 0.000520. The summed E-state index contributed by atoms with van der Waals surface area (Å²) in [6, 6.07) is 13.6. The van der Waals surface area contributed by atoms with Crippen LogP contribution in [0.3, 0.4) is 0 Å². The van der Waals surface area contributed by atoms with E-state index >= 15 is 0 Å². The van der Waals surface area contributed by atoms with Gasteiger partial charge in [0.25, 0.3) is 0 Å². The lowest BCUT2D eigenvalue weighted by molar-refractivity contribution is -0.157. The third kappa shape index (κ3) is 16.0. The Labute approximate surface area is 311 Å². The van der Waals surface area contributed by atoms with Crippen molar-refractivity contribution in [3.05, 3.63) is 65.7 Å². The van der Waals surface area contributed by atoms with E-state index in [9.17, 15) is 19.2 Å². The Hall–Kier alpha value is -4.14. The Morgan fingerprint density at radius 3 is 2.00 bits per heavy atom. The third-order valence-corrected chi connectivity index (χ3v) is 9.68. The van der Waals surface area contributed by atoms with Crippen molar-refractivity contribution >= 4 is 30.0 Å². The van der Waals surface area contributed by atoms with Crippen LogP contribution in [-0.2, 0) is 28.6 Å². The second kappa shape index (κ2) is 23.4. The van der Waals surface area contributed by atoms with Gasteiger partial charge in [-0.05, 0) is 126 Å². The van der Waals surface area contributed by atoms with Crippen LogP contribution in [0.25, 0.3) is 6.08 Å². The molecule has 0 aromatic heterocycles. The van der Waals surface area contributed by atoms with Crippen LogP contribution in [0.2, 0.25) is 0 Å². The summed E-state index contributed by atoms with van der Waals surface area (Å²) < 4.78 is 27.3. The zero-order valence-electron chi connectivity index (χ0n) is 32.6. The highest BCUT2D eigenvalue weighted by molar-refractivity contribution is 5.91. The maximum Gasteiger partial charge on any atom is 0.343 e. The Morgan fingerprint density at radius 2 is 1.38 bits per heavy atom. The van der Waals surface area contributed by atoms with Crippen LogP contribution in [0, 0.1) is 16.7 Å². The normalized spacial score (nSPS) is 13.2. The first-order valence-corrected chi connectivity index (χ1v) is 19.0. The van der Waals surface area contributed by atoms with E-state index in [-0.39, 0.29) is 11.9 Å². The Bertz CT molecular complexity index is 1390. The van der Waals surface area contributed by atoms with Gasteiger partial charge in [-0.2, -0.15) is 0 Å². The zero-order chi connectivity index (χ0) is 38.4. The monoisotopic (exact) mass is 722 g/mol. The molecule has 0 aliphatic rings. The van der Waals surface area contributed by atoms with E-state index in [1.165, 1.54) is 13.2 Å². The summed E-state index contributed by atoms with van der Waals surface area (Å²) >= 11 is 0. The predicted molar refractivity (Wildman–Crippen MR) is 204 cm³/mol. The molecule has 0 N–H and O–H groups in total. The Balaban J connectivity index is 1.62. The van der Waals surface area contributed by atoms with E-state index in [0.29, 0.717) is 62.1 Å². The smallest absolute Gasteiger partial charge is 0.343 e. The molecule has 2 aromatic carbocycles. The number of esters is 4. The van der Waals surface area contributed by atoms with Crippen LogP contribution in [0.4, 0.5) is 0 Å². The topological polar surface area (TPSA) is 114 Å². The summed E-state index contributed by atoms with van der Waals surface area (Å²) in [5.74, 6) is 0.217. The van der Waals surface area contributed by atoms with Gasteiger partial charge in [-0.15, -0.1) is 0 Å². The molecular formula is C43H62O9. The number of benzene rings is 2. The van der Waals surface area contributed by atoms with Crippen LogP contribution in [-0.4, -0.2) is 50.8 Å². The fraction of sp³-hybridized carbons (Fsp3) is 0.581. The second-order valence-electron chi connectivity index (χ2n) is 14.4. The lowest BCUT2D eigenvalue weighted by atomic mass is 9.79. The molecule has 0 bridgehead atoms. The highest BCUT2D eigenvalue weighted by Gasteiger charge is 2.35. The number of hydrogen-bond donors (Lipinski definition) is 0. The molecule has 9 nitrogen and oxygen atoms in total. The van der Waals surface area contributed by atoms with Crippen molar-refractivity contribution in [2.75, 3.05) is 26.9 Å². The third-order valence-electron chi connectivity index (χ3n) is 9.68. The molecule has 0 heterocycles. The number of unbranched alkanes of at least 4 members (excludes halogenated alkanes) is 4. The molecule has 0 aliphatic heterocycles. The molecule has 2 atom stereocenters. The van der Waals surface area contributed by atoms with Gasteiger partial charge in [-0.25, -0.2) is 9.59 Å². The van der Waals surface area contributed by atoms with Crippen molar-refractivity contribution in [3.8, 4) is 11.5 Å². The summed E-state index contributed by atoms with van der Waals surface area (Å²) in [6.45, 7) is 13.6. The van der Waals surface area contributed by atoms with Crippen molar-refractivity contribution < 1.29 is 42.9 Å². The van der Waals surface area contributed by atoms with Gasteiger partial charge in [0, 0.05) is 6.08 Å². The molecule has 9 heteroatoms. The van der Waals surface area contributed by atoms with Gasteiger partial charge in [-0.3, -0.25) is 9.59 Å². The molecule has 2 rings (SSSR count). The van der Waals surface area contributed by atoms with Crippen LogP contribution in [0.1, 0.15) is 135 Å². The average molecular weight is 723 g/mol. The molecule has 0 spiro atoms. The number of carbonyl (C=O) groups excluding carboxylic acids is 4. The van der Waals surface area contributed by atoms with Gasteiger partial charge >= 0.3 is 23.9 Å². The van der Waals surface area contributed by atoms with E-state index < -0.39 is 22.8 Å². The van der Waals surface area contributed by atoms with Gasteiger partial charge in [0.2, 0.25) is 0 Å². The largest absolute Gasteiger partial charge is 0.494 e. The fourth-order valence-corrected chi connectivity index (χ4v) is 5.55. The first-order chi connectivity index (χ1) is 24.9. The molecule has 0 saturated carbocycles. The SMILES string of the molecule is CCCCC(CC)COC(=O)C(C)(CC)CCCC(C)(C)C(=O)OCCCCCCOc1ccc(C(=O)Oc2ccc(/C=C/C(=O)OC)cc2)cc1. The summed E-state index contributed by atoms with van der Waals surface area (Å²) in [4.78, 5) is 49.6. The van der Waals surface area contributed by atoms with E-state index in [1.807, 2.05) is 27.7 Å². The van der Waals surface area contributed by atoms with Crippen LogP contribution in [0.15, 0.2) is 54.6 Å². The first kappa shape index (κ1) is 44.0. The molecule has 0 fully saturated rings. The molecule has 0 amide bonds. The van der Waals surface area contributed by atoms with Crippen LogP contribution < -0.4 is 9.47 Å². The molecule has 2 aromatic rings. The molecule has 52 heavy (non-hydrogen) atoms. The quantitative estimate of drug-likeness (QED) is 0.0325. The van der Waals surface area contributed by atoms with Crippen molar-refractivity contribution in [3.63, 3.8) is 0 Å².